The fourth-order valence-corrected chi connectivity index (χ4v) is 5.16. The Labute approximate surface area is 252 Å². The van der Waals surface area contributed by atoms with Gasteiger partial charge >= 0.3 is 0 Å². The van der Waals surface area contributed by atoms with Crippen LogP contribution >= 0.6 is 23.4 Å². The van der Waals surface area contributed by atoms with Gasteiger partial charge in [-0.05, 0) is 67.1 Å². The first kappa shape index (κ1) is 28.7. The number of benzene rings is 4. The Bertz CT molecular complexity index is 1800. The number of fused-ring (bicyclic) bond motifs is 1. The lowest BCUT2D eigenvalue weighted by atomic mass is 10.1. The lowest BCUT2D eigenvalue weighted by Gasteiger charge is -2.12. The van der Waals surface area contributed by atoms with E-state index >= 15 is 0 Å². The molecule has 1 aromatic heterocycles. The summed E-state index contributed by atoms with van der Waals surface area (Å²) in [6.07, 6.45) is 3.44. The highest BCUT2D eigenvalue weighted by molar-refractivity contribution is 8.00. The van der Waals surface area contributed by atoms with Gasteiger partial charge in [-0.25, -0.2) is 0 Å². The van der Waals surface area contributed by atoms with Gasteiger partial charge in [0.2, 0.25) is 5.91 Å². The fraction of sp³-hybridized carbons (Fsp3) is 0.0606. The standard InChI is InChI=1S/C33H27ClN4O3S/c1-21-14-15-24(34)17-29(21)37-31(39)20-42-26-11-7-10-25(18-26)36-33(41)30(38-32(40)22-8-3-2-4-9-22)16-23-19-35-28-13-6-5-12-27(23)28/h2-19,35H,20H2,1H3,(H,36,41)(H,37,39)(H,38,40)/b30-16-. The number of thioether (sulfide) groups is 1. The van der Waals surface area contributed by atoms with Crippen LogP contribution in [0.3, 0.4) is 0 Å². The summed E-state index contributed by atoms with van der Waals surface area (Å²) in [5.41, 5.74) is 4.30. The van der Waals surface area contributed by atoms with Gasteiger partial charge in [0.05, 0.1) is 5.75 Å². The molecule has 3 amide bonds. The van der Waals surface area contributed by atoms with E-state index in [2.05, 4.69) is 20.9 Å². The molecule has 0 spiro atoms. The minimum atomic E-state index is -0.485. The molecule has 210 valence electrons. The van der Waals surface area contributed by atoms with E-state index in [0.29, 0.717) is 22.0 Å². The highest BCUT2D eigenvalue weighted by Crippen LogP contribution is 2.25. The zero-order valence-corrected chi connectivity index (χ0v) is 24.2. The van der Waals surface area contributed by atoms with Gasteiger partial charge in [0.15, 0.2) is 0 Å². The zero-order chi connectivity index (χ0) is 29.5. The van der Waals surface area contributed by atoms with Gasteiger partial charge in [-0.15, -0.1) is 11.8 Å². The van der Waals surface area contributed by atoms with Crippen LogP contribution in [0, 0.1) is 6.92 Å². The Morgan fingerprint density at radius 3 is 2.50 bits per heavy atom. The summed E-state index contributed by atoms with van der Waals surface area (Å²) in [5.74, 6) is -0.891. The monoisotopic (exact) mass is 594 g/mol. The predicted molar refractivity (Wildman–Crippen MR) is 171 cm³/mol. The summed E-state index contributed by atoms with van der Waals surface area (Å²) in [5, 5.41) is 10.00. The second-order valence-electron chi connectivity index (χ2n) is 9.45. The van der Waals surface area contributed by atoms with Gasteiger partial charge in [0.25, 0.3) is 11.8 Å². The number of H-pyrrole nitrogens is 1. The molecule has 5 rings (SSSR count). The van der Waals surface area contributed by atoms with E-state index in [1.165, 1.54) is 11.8 Å². The third-order valence-electron chi connectivity index (χ3n) is 6.39. The van der Waals surface area contributed by atoms with Crippen molar-refractivity contribution < 1.29 is 14.4 Å². The third-order valence-corrected chi connectivity index (χ3v) is 7.61. The average molecular weight is 595 g/mol. The van der Waals surface area contributed by atoms with Crippen LogP contribution in [0.5, 0.6) is 0 Å². The van der Waals surface area contributed by atoms with Crippen molar-refractivity contribution in [3.8, 4) is 0 Å². The number of rotatable bonds is 9. The van der Waals surface area contributed by atoms with Gasteiger partial charge in [-0.2, -0.15) is 0 Å². The van der Waals surface area contributed by atoms with E-state index in [1.54, 1.807) is 66.9 Å². The van der Waals surface area contributed by atoms with Crippen LogP contribution in [0.1, 0.15) is 21.5 Å². The topological polar surface area (TPSA) is 103 Å². The molecular weight excluding hydrogens is 568 g/mol. The number of hydrogen-bond acceptors (Lipinski definition) is 4. The van der Waals surface area contributed by atoms with E-state index < -0.39 is 11.8 Å². The molecule has 0 atom stereocenters. The number of carbonyl (C=O) groups is 3. The van der Waals surface area contributed by atoms with E-state index in [-0.39, 0.29) is 17.4 Å². The van der Waals surface area contributed by atoms with Crippen LogP contribution in [0.4, 0.5) is 11.4 Å². The Kier molecular flexibility index (Phi) is 9.06. The highest BCUT2D eigenvalue weighted by Gasteiger charge is 2.16. The number of anilines is 2. The zero-order valence-electron chi connectivity index (χ0n) is 22.6. The summed E-state index contributed by atoms with van der Waals surface area (Å²) >= 11 is 7.39. The molecule has 4 N–H and O–H groups in total. The molecule has 5 aromatic rings. The number of aromatic amines is 1. The Morgan fingerprint density at radius 1 is 0.881 bits per heavy atom. The first-order valence-electron chi connectivity index (χ1n) is 13.1. The van der Waals surface area contributed by atoms with Gasteiger partial charge in [0.1, 0.15) is 5.70 Å². The first-order valence-corrected chi connectivity index (χ1v) is 14.5. The number of aromatic nitrogens is 1. The second-order valence-corrected chi connectivity index (χ2v) is 10.9. The summed E-state index contributed by atoms with van der Waals surface area (Å²) in [7, 11) is 0. The number of halogens is 1. The van der Waals surface area contributed by atoms with E-state index in [9.17, 15) is 14.4 Å². The third kappa shape index (κ3) is 7.28. The molecule has 0 aliphatic heterocycles. The van der Waals surface area contributed by atoms with Crippen LogP contribution < -0.4 is 16.0 Å². The molecule has 0 fully saturated rings. The number of hydrogen-bond donors (Lipinski definition) is 4. The molecule has 0 bridgehead atoms. The molecule has 0 aliphatic rings. The van der Waals surface area contributed by atoms with Crippen molar-refractivity contribution in [3.05, 3.63) is 131 Å². The average Bonchev–Trinajstić information content (AvgIpc) is 3.41. The highest BCUT2D eigenvalue weighted by atomic mass is 35.5. The minimum absolute atomic E-state index is 0.0860. The number of amides is 3. The van der Waals surface area contributed by atoms with Crippen molar-refractivity contribution in [2.75, 3.05) is 16.4 Å². The molecule has 0 saturated heterocycles. The SMILES string of the molecule is Cc1ccc(Cl)cc1NC(=O)CSc1cccc(NC(=O)/C(=C/c2c[nH]c3ccccc23)NC(=O)c2ccccc2)c1. The summed E-state index contributed by atoms with van der Waals surface area (Å²) < 4.78 is 0. The van der Waals surface area contributed by atoms with Gasteiger partial charge in [0, 0.05) is 49.5 Å². The molecular formula is C33H27ClN4O3S. The van der Waals surface area contributed by atoms with Crippen LogP contribution in [-0.4, -0.2) is 28.5 Å². The van der Waals surface area contributed by atoms with Crippen LogP contribution in [0.15, 0.2) is 114 Å². The summed E-state index contributed by atoms with van der Waals surface area (Å²) in [6, 6.07) is 28.9. The van der Waals surface area contributed by atoms with Crippen molar-refractivity contribution >= 4 is 69.4 Å². The summed E-state index contributed by atoms with van der Waals surface area (Å²) in [4.78, 5) is 43.0. The number of carbonyl (C=O) groups excluding carboxylic acids is 3. The number of aryl methyl sites for hydroxylation is 1. The van der Waals surface area contributed by atoms with Crippen LogP contribution in [0.2, 0.25) is 5.02 Å². The molecule has 0 radical (unpaired) electrons. The normalized spacial score (nSPS) is 11.2. The molecule has 0 unspecified atom stereocenters. The second kappa shape index (κ2) is 13.2. The molecule has 4 aromatic carbocycles. The maximum Gasteiger partial charge on any atom is 0.272 e. The quantitative estimate of drug-likeness (QED) is 0.106. The first-order chi connectivity index (χ1) is 20.4. The van der Waals surface area contributed by atoms with Crippen LogP contribution in [0.25, 0.3) is 17.0 Å². The Morgan fingerprint density at radius 2 is 1.67 bits per heavy atom. The van der Waals surface area contributed by atoms with Gasteiger partial charge in [-0.3, -0.25) is 14.4 Å². The molecule has 0 saturated carbocycles. The molecule has 9 heteroatoms. The fourth-order valence-electron chi connectivity index (χ4n) is 4.24. The van der Waals surface area contributed by atoms with Crippen molar-refractivity contribution in [1.82, 2.24) is 10.3 Å². The van der Waals surface area contributed by atoms with Crippen molar-refractivity contribution in [3.63, 3.8) is 0 Å². The minimum Gasteiger partial charge on any atom is -0.361 e. The Hall–Kier alpha value is -4.79. The van der Waals surface area contributed by atoms with Gasteiger partial charge in [-0.1, -0.05) is 60.1 Å². The predicted octanol–water partition coefficient (Wildman–Crippen LogP) is 7.27. The smallest absolute Gasteiger partial charge is 0.272 e. The van der Waals surface area contributed by atoms with E-state index in [4.69, 9.17) is 11.6 Å². The molecule has 42 heavy (non-hydrogen) atoms. The number of para-hydroxylation sites is 1. The molecule has 7 nitrogen and oxygen atoms in total. The van der Waals surface area contributed by atoms with Crippen molar-refractivity contribution in [1.29, 1.82) is 0 Å². The van der Waals surface area contributed by atoms with Gasteiger partial charge < -0.3 is 20.9 Å². The number of nitrogens with one attached hydrogen (secondary N) is 4. The van der Waals surface area contributed by atoms with Crippen molar-refractivity contribution in [2.45, 2.75) is 11.8 Å². The molecule has 1 heterocycles. The van der Waals surface area contributed by atoms with E-state index in [0.717, 1.165) is 26.9 Å². The van der Waals surface area contributed by atoms with Crippen molar-refractivity contribution in [2.24, 2.45) is 0 Å². The van der Waals surface area contributed by atoms with E-state index in [1.807, 2.05) is 49.4 Å². The van der Waals surface area contributed by atoms with Crippen LogP contribution in [-0.2, 0) is 9.59 Å². The maximum absolute atomic E-state index is 13.5. The lowest BCUT2D eigenvalue weighted by Crippen LogP contribution is -2.30. The lowest BCUT2D eigenvalue weighted by molar-refractivity contribution is -0.114. The maximum atomic E-state index is 13.5. The largest absolute Gasteiger partial charge is 0.361 e. The Balaban J connectivity index is 1.31. The summed E-state index contributed by atoms with van der Waals surface area (Å²) in [6.45, 7) is 1.90. The molecule has 0 aliphatic carbocycles.